The van der Waals surface area contributed by atoms with Crippen molar-refractivity contribution in [1.29, 1.82) is 0 Å². The number of piperidine rings is 1. The summed E-state index contributed by atoms with van der Waals surface area (Å²) < 4.78 is 10.9. The van der Waals surface area contributed by atoms with Gasteiger partial charge in [0.1, 0.15) is 0 Å². The number of hydrogen-bond acceptors (Lipinski definition) is 5. The van der Waals surface area contributed by atoms with Gasteiger partial charge in [0.25, 0.3) is 5.91 Å². The molecule has 0 spiro atoms. The fraction of sp³-hybridized carbons (Fsp3) is 0.619. The summed E-state index contributed by atoms with van der Waals surface area (Å²) in [5.74, 6) is -0.0954. The molecule has 2 heterocycles. The molecule has 0 aliphatic carbocycles. The summed E-state index contributed by atoms with van der Waals surface area (Å²) in [6, 6.07) is 7.38. The summed E-state index contributed by atoms with van der Waals surface area (Å²) in [4.78, 5) is 25.2. The van der Waals surface area contributed by atoms with Crippen LogP contribution in [0.2, 0.25) is 0 Å². The zero-order valence-corrected chi connectivity index (χ0v) is 16.6. The second-order valence-corrected chi connectivity index (χ2v) is 7.69. The lowest BCUT2D eigenvalue weighted by Gasteiger charge is -2.35. The number of methoxy groups -OCH3 is 1. The van der Waals surface area contributed by atoms with Gasteiger partial charge in [-0.3, -0.25) is 9.59 Å². The number of carbonyl (C=O) groups is 2. The zero-order valence-electron chi connectivity index (χ0n) is 16.6. The molecular weight excluding hydrogens is 358 g/mol. The lowest BCUT2D eigenvalue weighted by Crippen LogP contribution is -2.49. The second kappa shape index (κ2) is 10.0. The Bertz CT molecular complexity index is 662. The Morgan fingerprint density at radius 1 is 1.29 bits per heavy atom. The summed E-state index contributed by atoms with van der Waals surface area (Å²) in [5.41, 5.74) is 1.02. The van der Waals surface area contributed by atoms with Gasteiger partial charge in [-0.1, -0.05) is 12.1 Å². The van der Waals surface area contributed by atoms with E-state index in [-0.39, 0.29) is 17.9 Å². The molecule has 1 aromatic carbocycles. The van der Waals surface area contributed by atoms with E-state index in [4.69, 9.17) is 9.47 Å². The maximum atomic E-state index is 12.8. The molecule has 7 nitrogen and oxygen atoms in total. The third-order valence-corrected chi connectivity index (χ3v) is 5.62. The van der Waals surface area contributed by atoms with Gasteiger partial charge in [-0.2, -0.15) is 0 Å². The quantitative estimate of drug-likeness (QED) is 0.622. The minimum absolute atomic E-state index is 0.0177. The standard InChI is InChI=1S/C21H31N3O4/c1-27-15-21(7-9-22-10-8-21)20(26)24-13-16-4-2-5-17(12-16)19(25)23-14-18-6-3-11-28-18/h2,4-5,12,18,22H,3,6-11,13-15H2,1H3,(H,23,25)(H,24,26). The summed E-state index contributed by atoms with van der Waals surface area (Å²) in [6.45, 7) is 3.76. The van der Waals surface area contributed by atoms with Crippen molar-refractivity contribution in [3.05, 3.63) is 35.4 Å². The van der Waals surface area contributed by atoms with Crippen LogP contribution in [0.5, 0.6) is 0 Å². The molecule has 2 amide bonds. The third kappa shape index (κ3) is 5.31. The Morgan fingerprint density at radius 3 is 2.82 bits per heavy atom. The first-order valence-electron chi connectivity index (χ1n) is 10.1. The van der Waals surface area contributed by atoms with E-state index in [0.717, 1.165) is 50.9 Å². The number of rotatable bonds is 8. The fourth-order valence-electron chi connectivity index (χ4n) is 3.92. The van der Waals surface area contributed by atoms with Crippen molar-refractivity contribution in [1.82, 2.24) is 16.0 Å². The van der Waals surface area contributed by atoms with Crippen LogP contribution in [0.15, 0.2) is 24.3 Å². The Kier molecular flexibility index (Phi) is 7.42. The predicted octanol–water partition coefficient (Wildman–Crippen LogP) is 1.23. The van der Waals surface area contributed by atoms with Crippen LogP contribution in [-0.2, 0) is 20.8 Å². The van der Waals surface area contributed by atoms with Crippen LogP contribution in [0.4, 0.5) is 0 Å². The van der Waals surface area contributed by atoms with E-state index in [2.05, 4.69) is 16.0 Å². The van der Waals surface area contributed by atoms with Crippen molar-refractivity contribution in [3.63, 3.8) is 0 Å². The molecule has 1 atom stereocenters. The largest absolute Gasteiger partial charge is 0.384 e. The van der Waals surface area contributed by atoms with E-state index >= 15 is 0 Å². The van der Waals surface area contributed by atoms with E-state index in [9.17, 15) is 9.59 Å². The highest BCUT2D eigenvalue weighted by Gasteiger charge is 2.39. The van der Waals surface area contributed by atoms with Crippen molar-refractivity contribution < 1.29 is 19.1 Å². The van der Waals surface area contributed by atoms with Gasteiger partial charge >= 0.3 is 0 Å². The second-order valence-electron chi connectivity index (χ2n) is 7.69. The average molecular weight is 389 g/mol. The lowest BCUT2D eigenvalue weighted by atomic mass is 9.78. The predicted molar refractivity (Wildman–Crippen MR) is 106 cm³/mol. The third-order valence-electron chi connectivity index (χ3n) is 5.62. The zero-order chi connectivity index (χ0) is 19.8. The average Bonchev–Trinajstić information content (AvgIpc) is 3.25. The van der Waals surface area contributed by atoms with Crippen molar-refractivity contribution in [2.45, 2.75) is 38.3 Å². The molecule has 2 saturated heterocycles. The maximum absolute atomic E-state index is 12.8. The van der Waals surface area contributed by atoms with Gasteiger partial charge in [-0.05, 0) is 56.5 Å². The summed E-state index contributed by atoms with van der Waals surface area (Å²) >= 11 is 0. The number of hydrogen-bond donors (Lipinski definition) is 3. The van der Waals surface area contributed by atoms with Crippen LogP contribution >= 0.6 is 0 Å². The molecule has 0 saturated carbocycles. The van der Waals surface area contributed by atoms with Gasteiger partial charge in [0.15, 0.2) is 0 Å². The van der Waals surface area contributed by atoms with Crippen LogP contribution in [-0.4, -0.2) is 57.9 Å². The molecule has 3 N–H and O–H groups in total. The molecule has 154 valence electrons. The van der Waals surface area contributed by atoms with E-state index in [1.807, 2.05) is 18.2 Å². The first-order chi connectivity index (χ1) is 13.6. The van der Waals surface area contributed by atoms with Crippen molar-refractivity contribution in [2.24, 2.45) is 5.41 Å². The Labute approximate surface area is 166 Å². The molecule has 0 radical (unpaired) electrons. The van der Waals surface area contributed by atoms with Gasteiger partial charge < -0.3 is 25.4 Å². The summed E-state index contributed by atoms with van der Waals surface area (Å²) in [7, 11) is 1.63. The highest BCUT2D eigenvalue weighted by Crippen LogP contribution is 2.29. The molecule has 1 unspecified atom stereocenters. The fourth-order valence-corrected chi connectivity index (χ4v) is 3.92. The van der Waals surface area contributed by atoms with Crippen molar-refractivity contribution >= 4 is 11.8 Å². The Hall–Kier alpha value is -1.96. The highest BCUT2D eigenvalue weighted by atomic mass is 16.5. The first-order valence-corrected chi connectivity index (χ1v) is 10.1. The molecule has 1 aromatic rings. The minimum Gasteiger partial charge on any atom is -0.384 e. The molecular formula is C21H31N3O4. The normalized spacial score (nSPS) is 21.2. The van der Waals surface area contributed by atoms with Gasteiger partial charge in [0.05, 0.1) is 18.1 Å². The van der Waals surface area contributed by atoms with E-state index in [0.29, 0.717) is 25.3 Å². The van der Waals surface area contributed by atoms with Crippen LogP contribution in [0.25, 0.3) is 0 Å². The van der Waals surface area contributed by atoms with Gasteiger partial charge in [0.2, 0.25) is 5.91 Å². The monoisotopic (exact) mass is 389 g/mol. The smallest absolute Gasteiger partial charge is 0.251 e. The van der Waals surface area contributed by atoms with Gasteiger partial charge in [-0.25, -0.2) is 0 Å². The first kappa shape index (κ1) is 20.8. The molecule has 7 heteroatoms. The van der Waals surface area contributed by atoms with Crippen molar-refractivity contribution in [3.8, 4) is 0 Å². The van der Waals surface area contributed by atoms with Crippen LogP contribution in [0.1, 0.15) is 41.6 Å². The number of nitrogens with one attached hydrogen (secondary N) is 3. The van der Waals surface area contributed by atoms with E-state index in [1.54, 1.807) is 13.2 Å². The van der Waals surface area contributed by atoms with E-state index in [1.165, 1.54) is 0 Å². The van der Waals surface area contributed by atoms with Crippen LogP contribution < -0.4 is 16.0 Å². The van der Waals surface area contributed by atoms with Crippen LogP contribution in [0.3, 0.4) is 0 Å². The summed E-state index contributed by atoms with van der Waals surface area (Å²) in [6.07, 6.45) is 3.69. The number of carbonyl (C=O) groups excluding carboxylic acids is 2. The number of ether oxygens (including phenoxy) is 2. The molecule has 28 heavy (non-hydrogen) atoms. The summed E-state index contributed by atoms with van der Waals surface area (Å²) in [5, 5.41) is 9.26. The molecule has 2 fully saturated rings. The Balaban J connectivity index is 1.54. The molecule has 3 rings (SSSR count). The van der Waals surface area contributed by atoms with Crippen LogP contribution in [0, 0.1) is 5.41 Å². The SMILES string of the molecule is COCC1(C(=O)NCc2cccc(C(=O)NCC3CCCO3)c2)CCNCC1. The highest BCUT2D eigenvalue weighted by molar-refractivity contribution is 5.94. The van der Waals surface area contributed by atoms with Gasteiger partial charge in [-0.15, -0.1) is 0 Å². The molecule has 2 aliphatic heterocycles. The van der Waals surface area contributed by atoms with Gasteiger partial charge in [0, 0.05) is 32.4 Å². The molecule has 2 aliphatic rings. The maximum Gasteiger partial charge on any atom is 0.251 e. The Morgan fingerprint density at radius 2 is 2.11 bits per heavy atom. The number of benzene rings is 1. The molecule has 0 bridgehead atoms. The topological polar surface area (TPSA) is 88.7 Å². The van der Waals surface area contributed by atoms with E-state index < -0.39 is 5.41 Å². The molecule has 0 aromatic heterocycles. The van der Waals surface area contributed by atoms with Crippen molar-refractivity contribution in [2.75, 3.05) is 40.0 Å². The number of amides is 2. The minimum atomic E-state index is -0.476. The lowest BCUT2D eigenvalue weighted by molar-refractivity contribution is -0.136.